The van der Waals surface area contributed by atoms with Gasteiger partial charge in [-0.15, -0.1) is 0 Å². The molecule has 8 nitrogen and oxygen atoms in total. The Balaban J connectivity index is 1.49. The predicted octanol–water partition coefficient (Wildman–Crippen LogP) is 5.86. The van der Waals surface area contributed by atoms with Crippen molar-refractivity contribution >= 4 is 44.5 Å². The number of hydrazone groups is 1. The zero-order chi connectivity index (χ0) is 24.8. The highest BCUT2D eigenvalue weighted by atomic mass is 79.9. The molecule has 35 heavy (non-hydrogen) atoms. The Bertz CT molecular complexity index is 1430. The standard InChI is InChI=1S/C26H20BrN3O5/c1-34-24-14-17(15-28-29-26(31)21-11-4-5-12-23(21)30(32)33)13-22(27)25(24)35-16-19-9-6-8-18-7-2-3-10-20(18)19/h2-15H,16H2,1H3,(H,29,31)/b28-15-. The fraction of sp³-hybridized carbons (Fsp3) is 0.0769. The van der Waals surface area contributed by atoms with Gasteiger partial charge in [-0.1, -0.05) is 54.6 Å². The number of para-hydroxylation sites is 1. The number of nitro benzene ring substituents is 1. The summed E-state index contributed by atoms with van der Waals surface area (Å²) < 4.78 is 12.2. The molecule has 0 aliphatic carbocycles. The summed E-state index contributed by atoms with van der Waals surface area (Å²) >= 11 is 3.52. The zero-order valence-corrected chi connectivity index (χ0v) is 20.2. The van der Waals surface area contributed by atoms with E-state index in [4.69, 9.17) is 9.47 Å². The number of carbonyl (C=O) groups is 1. The quantitative estimate of drug-likeness (QED) is 0.173. The molecule has 0 saturated heterocycles. The summed E-state index contributed by atoms with van der Waals surface area (Å²) in [5.74, 6) is 0.322. The summed E-state index contributed by atoms with van der Waals surface area (Å²) in [6.45, 7) is 0.343. The molecule has 0 spiro atoms. The Morgan fingerprint density at radius 1 is 1.09 bits per heavy atom. The van der Waals surface area contributed by atoms with Crippen molar-refractivity contribution in [1.82, 2.24) is 5.43 Å². The van der Waals surface area contributed by atoms with Gasteiger partial charge in [-0.2, -0.15) is 5.10 Å². The summed E-state index contributed by atoms with van der Waals surface area (Å²) in [6.07, 6.45) is 1.41. The number of hydrogen-bond acceptors (Lipinski definition) is 6. The molecule has 0 saturated carbocycles. The van der Waals surface area contributed by atoms with Gasteiger partial charge in [0.15, 0.2) is 11.5 Å². The van der Waals surface area contributed by atoms with Crippen molar-refractivity contribution in [3.63, 3.8) is 0 Å². The summed E-state index contributed by atoms with van der Waals surface area (Å²) in [4.78, 5) is 22.8. The smallest absolute Gasteiger partial charge is 0.282 e. The number of carbonyl (C=O) groups excluding carboxylic acids is 1. The van der Waals surface area contributed by atoms with Gasteiger partial charge in [-0.05, 0) is 56.0 Å². The maximum absolute atomic E-state index is 12.3. The predicted molar refractivity (Wildman–Crippen MR) is 137 cm³/mol. The van der Waals surface area contributed by atoms with Gasteiger partial charge < -0.3 is 9.47 Å². The number of amides is 1. The number of halogens is 1. The van der Waals surface area contributed by atoms with Crippen molar-refractivity contribution in [3.8, 4) is 11.5 Å². The van der Waals surface area contributed by atoms with Crippen LogP contribution in [-0.4, -0.2) is 24.2 Å². The van der Waals surface area contributed by atoms with Crippen molar-refractivity contribution in [2.24, 2.45) is 5.10 Å². The SMILES string of the molecule is COc1cc(/C=N\NC(=O)c2ccccc2[N+](=O)[O-])cc(Br)c1OCc1cccc2ccccc12. The number of nitro groups is 1. The third-order valence-corrected chi connectivity index (χ3v) is 5.82. The molecular formula is C26H20BrN3O5. The lowest BCUT2D eigenvalue weighted by molar-refractivity contribution is -0.385. The van der Waals surface area contributed by atoms with Crippen LogP contribution in [0.2, 0.25) is 0 Å². The lowest BCUT2D eigenvalue weighted by Gasteiger charge is -2.14. The van der Waals surface area contributed by atoms with Crippen LogP contribution in [0.25, 0.3) is 10.8 Å². The summed E-state index contributed by atoms with van der Waals surface area (Å²) in [5, 5.41) is 17.3. The molecule has 0 aliphatic heterocycles. The van der Waals surface area contributed by atoms with E-state index in [-0.39, 0.29) is 11.3 Å². The van der Waals surface area contributed by atoms with Crippen LogP contribution in [0.3, 0.4) is 0 Å². The van der Waals surface area contributed by atoms with Crippen LogP contribution in [-0.2, 0) is 6.61 Å². The number of ether oxygens (including phenoxy) is 2. The number of benzene rings is 4. The lowest BCUT2D eigenvalue weighted by atomic mass is 10.1. The first-order valence-electron chi connectivity index (χ1n) is 10.5. The topological polar surface area (TPSA) is 103 Å². The highest BCUT2D eigenvalue weighted by Crippen LogP contribution is 2.37. The van der Waals surface area contributed by atoms with Crippen LogP contribution in [0.15, 0.2) is 88.4 Å². The highest BCUT2D eigenvalue weighted by Gasteiger charge is 2.18. The van der Waals surface area contributed by atoms with Crippen LogP contribution in [0.5, 0.6) is 11.5 Å². The van der Waals surface area contributed by atoms with Gasteiger partial charge in [0, 0.05) is 6.07 Å². The van der Waals surface area contributed by atoms with E-state index in [2.05, 4.69) is 44.7 Å². The molecule has 0 radical (unpaired) electrons. The fourth-order valence-corrected chi connectivity index (χ4v) is 4.15. The first-order chi connectivity index (χ1) is 17.0. The normalized spacial score (nSPS) is 10.9. The second-order valence-electron chi connectivity index (χ2n) is 7.43. The zero-order valence-electron chi connectivity index (χ0n) is 18.6. The molecule has 176 valence electrons. The monoisotopic (exact) mass is 533 g/mol. The van der Waals surface area contributed by atoms with E-state index in [1.54, 1.807) is 18.2 Å². The van der Waals surface area contributed by atoms with E-state index >= 15 is 0 Å². The molecule has 9 heteroatoms. The average Bonchev–Trinajstić information content (AvgIpc) is 2.87. The number of nitrogens with zero attached hydrogens (tertiary/aromatic N) is 2. The van der Waals surface area contributed by atoms with E-state index in [1.165, 1.54) is 31.5 Å². The number of nitrogens with one attached hydrogen (secondary N) is 1. The number of hydrogen-bond donors (Lipinski definition) is 1. The third-order valence-electron chi connectivity index (χ3n) is 5.23. The Morgan fingerprint density at radius 3 is 2.63 bits per heavy atom. The molecule has 4 aromatic rings. The summed E-state index contributed by atoms with van der Waals surface area (Å²) in [7, 11) is 1.53. The van der Waals surface area contributed by atoms with E-state index in [0.717, 1.165) is 16.3 Å². The molecule has 0 unspecified atom stereocenters. The molecule has 0 fully saturated rings. The summed E-state index contributed by atoms with van der Waals surface area (Å²) in [5.41, 5.74) is 3.61. The first kappa shape index (κ1) is 23.9. The van der Waals surface area contributed by atoms with Gasteiger partial charge in [0.1, 0.15) is 12.2 Å². The van der Waals surface area contributed by atoms with Crippen LogP contribution < -0.4 is 14.9 Å². The Kier molecular flexibility index (Phi) is 7.37. The number of methoxy groups -OCH3 is 1. The molecule has 0 bridgehead atoms. The van der Waals surface area contributed by atoms with E-state index < -0.39 is 10.8 Å². The second kappa shape index (κ2) is 10.8. The van der Waals surface area contributed by atoms with Crippen LogP contribution >= 0.6 is 15.9 Å². The molecule has 0 heterocycles. The molecule has 1 N–H and O–H groups in total. The number of rotatable bonds is 8. The van der Waals surface area contributed by atoms with Crippen molar-refractivity contribution in [2.75, 3.05) is 7.11 Å². The largest absolute Gasteiger partial charge is 0.493 e. The molecule has 0 atom stereocenters. The summed E-state index contributed by atoms with van der Waals surface area (Å²) in [6, 6.07) is 23.3. The Morgan fingerprint density at radius 2 is 1.83 bits per heavy atom. The van der Waals surface area contributed by atoms with Gasteiger partial charge in [-0.3, -0.25) is 14.9 Å². The highest BCUT2D eigenvalue weighted by molar-refractivity contribution is 9.10. The number of fused-ring (bicyclic) bond motifs is 1. The van der Waals surface area contributed by atoms with Gasteiger partial charge in [0.25, 0.3) is 11.6 Å². The molecule has 0 aliphatic rings. The van der Waals surface area contributed by atoms with Gasteiger partial charge in [0.2, 0.25) is 0 Å². The van der Waals surface area contributed by atoms with E-state index in [1.807, 2.05) is 24.3 Å². The van der Waals surface area contributed by atoms with Gasteiger partial charge in [0.05, 0.1) is 22.7 Å². The fourth-order valence-electron chi connectivity index (χ4n) is 3.57. The molecule has 4 rings (SSSR count). The van der Waals surface area contributed by atoms with Crippen molar-refractivity contribution in [2.45, 2.75) is 6.61 Å². The molecule has 4 aromatic carbocycles. The minimum absolute atomic E-state index is 0.0782. The van der Waals surface area contributed by atoms with Crippen molar-refractivity contribution in [3.05, 3.63) is 110 Å². The minimum atomic E-state index is -0.686. The van der Waals surface area contributed by atoms with E-state index in [9.17, 15) is 14.9 Å². The van der Waals surface area contributed by atoms with Crippen LogP contribution in [0.4, 0.5) is 5.69 Å². The molecule has 1 amide bonds. The van der Waals surface area contributed by atoms with Crippen molar-refractivity contribution in [1.29, 1.82) is 0 Å². The maximum atomic E-state index is 12.3. The third kappa shape index (κ3) is 5.47. The Labute approximate surface area is 209 Å². The molecular weight excluding hydrogens is 514 g/mol. The van der Waals surface area contributed by atoms with Gasteiger partial charge in [-0.25, -0.2) is 5.43 Å². The van der Waals surface area contributed by atoms with E-state index in [0.29, 0.717) is 28.1 Å². The molecule has 0 aromatic heterocycles. The lowest BCUT2D eigenvalue weighted by Crippen LogP contribution is -2.18. The van der Waals surface area contributed by atoms with Crippen molar-refractivity contribution < 1.29 is 19.2 Å². The first-order valence-corrected chi connectivity index (χ1v) is 11.3. The average molecular weight is 534 g/mol. The minimum Gasteiger partial charge on any atom is -0.493 e. The van der Waals surface area contributed by atoms with Crippen LogP contribution in [0.1, 0.15) is 21.5 Å². The Hall–Kier alpha value is -4.24. The second-order valence-corrected chi connectivity index (χ2v) is 8.29. The van der Waals surface area contributed by atoms with Gasteiger partial charge >= 0.3 is 0 Å². The maximum Gasteiger partial charge on any atom is 0.282 e. The van der Waals surface area contributed by atoms with Crippen LogP contribution in [0, 0.1) is 10.1 Å².